The quantitative estimate of drug-likeness (QED) is 0.200. The van der Waals surface area contributed by atoms with Crippen LogP contribution in [-0.4, -0.2) is 16.1 Å². The summed E-state index contributed by atoms with van der Waals surface area (Å²) in [4.78, 5) is 14.5. The maximum Gasteiger partial charge on any atom is 0.357 e. The van der Waals surface area contributed by atoms with E-state index in [1.54, 1.807) is 12.1 Å². The molecule has 0 unspecified atom stereocenters. The van der Waals surface area contributed by atoms with E-state index in [0.717, 1.165) is 0 Å². The standard InChI is InChI=1S/C8H9BrN4O3/c9-6-4(2-1-3-12-6)16-7(13-11)5(10)8(14)15/h1-3,13H,10-11H2,(H,14,15)/b7-5+. The first-order chi connectivity index (χ1) is 7.56. The first-order valence-corrected chi connectivity index (χ1v) is 4.83. The minimum Gasteiger partial charge on any atom is -0.476 e. The summed E-state index contributed by atoms with van der Waals surface area (Å²) >= 11 is 3.12. The zero-order valence-corrected chi connectivity index (χ0v) is 9.56. The molecule has 6 N–H and O–H groups in total. The van der Waals surface area contributed by atoms with Gasteiger partial charge in [-0.2, -0.15) is 0 Å². The Labute approximate surface area is 99.2 Å². The highest BCUT2D eigenvalue weighted by molar-refractivity contribution is 9.10. The number of aromatic nitrogens is 1. The highest BCUT2D eigenvalue weighted by Crippen LogP contribution is 2.22. The van der Waals surface area contributed by atoms with Crippen molar-refractivity contribution in [2.45, 2.75) is 0 Å². The van der Waals surface area contributed by atoms with Crippen molar-refractivity contribution in [3.63, 3.8) is 0 Å². The van der Waals surface area contributed by atoms with Crippen LogP contribution in [0.5, 0.6) is 5.75 Å². The Morgan fingerprint density at radius 3 is 2.81 bits per heavy atom. The predicted molar refractivity (Wildman–Crippen MR) is 58.7 cm³/mol. The van der Waals surface area contributed by atoms with E-state index in [-0.39, 0.29) is 5.88 Å². The number of carboxylic acids is 1. The maximum atomic E-state index is 10.6. The van der Waals surface area contributed by atoms with Crippen LogP contribution in [0.3, 0.4) is 0 Å². The molecule has 0 saturated heterocycles. The van der Waals surface area contributed by atoms with Gasteiger partial charge < -0.3 is 15.6 Å². The highest BCUT2D eigenvalue weighted by Gasteiger charge is 2.13. The molecule has 0 saturated carbocycles. The number of nitrogens with one attached hydrogen (secondary N) is 1. The Morgan fingerprint density at radius 2 is 2.31 bits per heavy atom. The molecule has 1 heterocycles. The average Bonchev–Trinajstić information content (AvgIpc) is 2.27. The van der Waals surface area contributed by atoms with E-state index in [9.17, 15) is 4.79 Å². The van der Waals surface area contributed by atoms with E-state index in [2.05, 4.69) is 26.3 Å². The summed E-state index contributed by atoms with van der Waals surface area (Å²) in [5, 5.41) is 8.65. The number of ether oxygens (including phenoxy) is 1. The van der Waals surface area contributed by atoms with Gasteiger partial charge >= 0.3 is 5.97 Å². The zero-order chi connectivity index (χ0) is 12.1. The van der Waals surface area contributed by atoms with Gasteiger partial charge in [-0.05, 0) is 28.1 Å². The molecule has 0 aliphatic carbocycles. The Bertz CT molecular complexity index is 435. The van der Waals surface area contributed by atoms with Crippen LogP contribution in [0.4, 0.5) is 0 Å². The normalized spacial score (nSPS) is 11.6. The Morgan fingerprint density at radius 1 is 1.62 bits per heavy atom. The summed E-state index contributed by atoms with van der Waals surface area (Å²) in [7, 11) is 0. The SMILES string of the molecule is NN/C(Oc1cccnc1Br)=C(\N)C(=O)O. The summed E-state index contributed by atoms with van der Waals surface area (Å²) in [5.74, 6) is 3.79. The second kappa shape index (κ2) is 5.33. The number of nitrogens with zero attached hydrogens (tertiary/aromatic N) is 1. The van der Waals surface area contributed by atoms with Gasteiger partial charge in [0.05, 0.1) is 0 Å². The molecule has 0 fully saturated rings. The van der Waals surface area contributed by atoms with Gasteiger partial charge in [0.15, 0.2) is 11.4 Å². The summed E-state index contributed by atoms with van der Waals surface area (Å²) < 4.78 is 5.55. The van der Waals surface area contributed by atoms with Crippen molar-refractivity contribution in [2.75, 3.05) is 0 Å². The molecule has 8 heteroatoms. The number of halogens is 1. The second-order valence-corrected chi connectivity index (χ2v) is 3.34. The van der Waals surface area contributed by atoms with E-state index in [0.29, 0.717) is 10.4 Å². The number of hydrazine groups is 1. The molecule has 7 nitrogen and oxygen atoms in total. The van der Waals surface area contributed by atoms with Gasteiger partial charge in [0.1, 0.15) is 4.60 Å². The fraction of sp³-hybridized carbons (Fsp3) is 0. The topological polar surface area (TPSA) is 123 Å². The number of hydrogen-bond acceptors (Lipinski definition) is 6. The fourth-order valence-electron chi connectivity index (χ4n) is 0.817. The molecule has 0 aromatic carbocycles. The molecule has 1 aromatic rings. The van der Waals surface area contributed by atoms with Crippen LogP contribution >= 0.6 is 15.9 Å². The molecule has 0 radical (unpaired) electrons. The monoisotopic (exact) mass is 288 g/mol. The van der Waals surface area contributed by atoms with Gasteiger partial charge in [0.2, 0.25) is 5.88 Å². The molecule has 0 aliphatic rings. The maximum absolute atomic E-state index is 10.6. The minimum atomic E-state index is -1.34. The van der Waals surface area contributed by atoms with Gasteiger partial charge in [0, 0.05) is 6.20 Å². The molecular weight excluding hydrogens is 280 g/mol. The molecule has 0 bridgehead atoms. The third-order valence-electron chi connectivity index (χ3n) is 1.54. The van der Waals surface area contributed by atoms with E-state index in [1.165, 1.54) is 6.20 Å². The molecule has 0 atom stereocenters. The molecule has 0 spiro atoms. The van der Waals surface area contributed by atoms with E-state index >= 15 is 0 Å². The second-order valence-electron chi connectivity index (χ2n) is 2.59. The van der Waals surface area contributed by atoms with Crippen LogP contribution in [0.1, 0.15) is 0 Å². The van der Waals surface area contributed by atoms with Crippen LogP contribution < -0.4 is 21.7 Å². The molecule has 86 valence electrons. The molecular formula is C8H9BrN4O3. The average molecular weight is 289 g/mol. The molecule has 0 aliphatic heterocycles. The summed E-state index contributed by atoms with van der Waals surface area (Å²) in [6, 6.07) is 3.19. The summed E-state index contributed by atoms with van der Waals surface area (Å²) in [6.07, 6.45) is 1.54. The van der Waals surface area contributed by atoms with Crippen molar-refractivity contribution >= 4 is 21.9 Å². The van der Waals surface area contributed by atoms with Gasteiger partial charge in [-0.15, -0.1) is 0 Å². The van der Waals surface area contributed by atoms with Crippen molar-refractivity contribution in [3.05, 3.63) is 34.5 Å². The van der Waals surface area contributed by atoms with Crippen molar-refractivity contribution in [1.29, 1.82) is 0 Å². The molecule has 0 amide bonds. The molecule has 1 aromatic heterocycles. The molecule has 16 heavy (non-hydrogen) atoms. The van der Waals surface area contributed by atoms with Crippen molar-refractivity contribution < 1.29 is 14.6 Å². The number of rotatable bonds is 4. The fourth-order valence-corrected chi connectivity index (χ4v) is 1.15. The smallest absolute Gasteiger partial charge is 0.357 e. The lowest BCUT2D eigenvalue weighted by Crippen LogP contribution is -2.31. The third-order valence-corrected chi connectivity index (χ3v) is 2.14. The first-order valence-electron chi connectivity index (χ1n) is 4.04. The number of hydrogen-bond donors (Lipinski definition) is 4. The van der Waals surface area contributed by atoms with Crippen LogP contribution in [0, 0.1) is 0 Å². The van der Waals surface area contributed by atoms with Crippen LogP contribution in [0.2, 0.25) is 0 Å². The van der Waals surface area contributed by atoms with Gasteiger partial charge in [-0.1, -0.05) is 0 Å². The van der Waals surface area contributed by atoms with E-state index in [1.807, 2.05) is 0 Å². The van der Waals surface area contributed by atoms with Crippen molar-refractivity contribution in [3.8, 4) is 5.75 Å². The van der Waals surface area contributed by atoms with E-state index < -0.39 is 11.7 Å². The third kappa shape index (κ3) is 2.84. The van der Waals surface area contributed by atoms with Crippen molar-refractivity contribution in [1.82, 2.24) is 10.4 Å². The number of carbonyl (C=O) groups is 1. The zero-order valence-electron chi connectivity index (χ0n) is 7.98. The van der Waals surface area contributed by atoms with Gasteiger partial charge in [-0.25, -0.2) is 15.6 Å². The summed E-state index contributed by atoms with van der Waals surface area (Å²) in [6.45, 7) is 0. The van der Waals surface area contributed by atoms with Gasteiger partial charge in [0.25, 0.3) is 0 Å². The largest absolute Gasteiger partial charge is 0.476 e. The highest BCUT2D eigenvalue weighted by atomic mass is 79.9. The van der Waals surface area contributed by atoms with Crippen LogP contribution in [0.25, 0.3) is 0 Å². The Balaban J connectivity index is 3.00. The number of carboxylic acid groups (broad SMARTS) is 1. The number of aliphatic carboxylic acids is 1. The van der Waals surface area contributed by atoms with Crippen LogP contribution in [0.15, 0.2) is 34.5 Å². The minimum absolute atomic E-state index is 0.263. The lowest BCUT2D eigenvalue weighted by Gasteiger charge is -2.10. The Kier molecular flexibility index (Phi) is 4.09. The number of pyridine rings is 1. The van der Waals surface area contributed by atoms with E-state index in [4.69, 9.17) is 21.4 Å². The number of nitrogens with two attached hydrogens (primary N) is 2. The predicted octanol–water partition coefficient (Wildman–Crippen LogP) is -0.101. The van der Waals surface area contributed by atoms with Crippen molar-refractivity contribution in [2.24, 2.45) is 11.6 Å². The first kappa shape index (κ1) is 12.3. The summed E-state index contributed by atoms with van der Waals surface area (Å²) in [5.41, 5.74) is 6.78. The van der Waals surface area contributed by atoms with Gasteiger partial charge in [-0.3, -0.25) is 5.43 Å². The lowest BCUT2D eigenvalue weighted by atomic mass is 10.4. The van der Waals surface area contributed by atoms with Crippen LogP contribution in [-0.2, 0) is 4.79 Å². The lowest BCUT2D eigenvalue weighted by molar-refractivity contribution is -0.132. The molecule has 1 rings (SSSR count). The Hall–Kier alpha value is -1.80.